The Bertz CT molecular complexity index is 3820. The second-order valence-corrected chi connectivity index (χ2v) is 30.8. The summed E-state index contributed by atoms with van der Waals surface area (Å²) in [4.78, 5) is 244. The number of aliphatic carboxylic acids is 2. The number of carbonyl (C=O) groups excluding carboxylic acids is 16. The van der Waals surface area contributed by atoms with E-state index in [-0.39, 0.29) is 95.4 Å². The number of rotatable bonds is 59. The summed E-state index contributed by atoms with van der Waals surface area (Å²) < 4.78 is 0. The number of carboxylic acids is 2. The van der Waals surface area contributed by atoms with E-state index in [1.54, 1.807) is 85.7 Å². The standard InChI is InChI=1S/C80H129N19O23/c1-11-42(6)63(76(117)86-39-61(105)96-64(43(7)12-2)78(119)99-66(46(10)101)79(120)90-53(30-32-62(106)107)71(112)94-57(80(121)122)35-41(4)5)97-74(115)55(36-47-21-15-14-16-22-47)93-70(111)52(24-18-20-34-82)88-75(116)58(40-100)95-72(113)56(38-60(85)104)91-67(108)45(9)87-69(110)51(23-17-19-33-81)89-77(118)65(44(8)13-3)98-73(114)54(37-48-25-27-49(102)28-26-48)92-68(109)50(83)29-31-59(84)103/h14-16,21-22,25-28,41-46,50-58,63-66,100-102H,11-13,17-20,23-24,29-40,81-83H2,1-10H3,(H2,84,103)(H2,85,104)(H,86,117)(H,87,110)(H,88,116)(H,89,118)(H,90,120)(H,91,108)(H,92,109)(H,93,111)(H,94,112)(H,95,113)(H,96,105)(H,97,115)(H,98,114)(H,99,119)(H,106,107)(H,121,122)/t42?,43?,44?,45-,46?,50-,51-,52-,53-,54-,55-,56-,57-,58-,63-,64-,65-,66-/m0/s1. The number of benzene rings is 2. The molecule has 0 heterocycles. The fraction of sp³-hybridized carbons (Fsp3) is 0.625. The largest absolute Gasteiger partial charge is 0.508 e. The molecule has 0 aliphatic carbocycles. The first-order valence-electron chi connectivity index (χ1n) is 41.0. The van der Waals surface area contributed by atoms with Gasteiger partial charge in [0.1, 0.15) is 84.3 Å². The number of amides is 16. The number of aromatic hydroxyl groups is 1. The number of unbranched alkanes of at least 4 members (excludes halogenated alkanes) is 2. The summed E-state index contributed by atoms with van der Waals surface area (Å²) >= 11 is 0. The number of aliphatic hydroxyl groups excluding tert-OH is 2. The molecular weight excluding hydrogens is 1590 g/mol. The SMILES string of the molecule is CCC(C)[C@H](NC(=O)CNC(=O)[C@@H](NC(=O)[C@H](Cc1ccccc1)NC(=O)[C@H](CCCCN)NC(=O)[C@H](CO)NC(=O)[C@H](CC(N)=O)NC(=O)[C@H](C)NC(=O)[C@H](CCCCN)NC(=O)[C@@H](NC(=O)[C@H](Cc1ccc(O)cc1)NC(=O)[C@@H](N)CCC(N)=O)C(C)CC)C(C)CC)C(=O)N[C@H](C(=O)N[C@@H](CCC(=O)O)C(=O)N[C@@H](CC(C)C)C(=O)O)C(C)O. The van der Waals surface area contributed by atoms with Crippen molar-refractivity contribution in [2.75, 3.05) is 26.2 Å². The lowest BCUT2D eigenvalue weighted by atomic mass is 9.96. The smallest absolute Gasteiger partial charge is 0.326 e. The second-order valence-electron chi connectivity index (χ2n) is 30.8. The number of hydrogen-bond donors (Lipinski definition) is 24. The summed E-state index contributed by atoms with van der Waals surface area (Å²) in [5.74, 6) is -21.0. The van der Waals surface area contributed by atoms with Crippen LogP contribution >= 0.6 is 0 Å². The summed E-state index contributed by atoms with van der Waals surface area (Å²) in [6, 6.07) is -7.75. The molecule has 18 atom stereocenters. The molecule has 0 spiro atoms. The number of nitrogens with one attached hydrogen (secondary N) is 14. The minimum absolute atomic E-state index is 0.0222. The molecule has 2 rings (SSSR count). The van der Waals surface area contributed by atoms with E-state index in [4.69, 9.17) is 28.7 Å². The molecule has 0 radical (unpaired) electrons. The first kappa shape index (κ1) is 107. The fourth-order valence-corrected chi connectivity index (χ4v) is 12.3. The van der Waals surface area contributed by atoms with Crippen LogP contribution in [0.15, 0.2) is 54.6 Å². The number of carbonyl (C=O) groups is 18. The summed E-state index contributed by atoms with van der Waals surface area (Å²) in [6.45, 7) is 13.9. The van der Waals surface area contributed by atoms with Gasteiger partial charge >= 0.3 is 11.9 Å². The number of carboxylic acid groups (broad SMARTS) is 2. The molecule has 0 bridgehead atoms. The van der Waals surface area contributed by atoms with Crippen molar-refractivity contribution in [2.24, 2.45) is 52.3 Å². The molecule has 0 saturated heterocycles. The molecule has 0 fully saturated rings. The third-order valence-corrected chi connectivity index (χ3v) is 20.2. The van der Waals surface area contributed by atoms with Gasteiger partial charge in [-0.25, -0.2) is 4.79 Å². The average Bonchev–Trinajstić information content (AvgIpc) is 0.851. The zero-order valence-electron chi connectivity index (χ0n) is 71.0. The number of primary amides is 2. The molecule has 42 nitrogen and oxygen atoms in total. The molecule has 0 aromatic heterocycles. The minimum Gasteiger partial charge on any atom is -0.508 e. The second kappa shape index (κ2) is 55.4. The number of nitrogens with two attached hydrogens (primary N) is 5. The van der Waals surface area contributed by atoms with Crippen LogP contribution in [0.5, 0.6) is 5.75 Å². The van der Waals surface area contributed by atoms with Crippen molar-refractivity contribution in [3.8, 4) is 5.75 Å². The lowest BCUT2D eigenvalue weighted by Crippen LogP contribution is -2.62. The van der Waals surface area contributed by atoms with Crippen LogP contribution in [0.4, 0.5) is 0 Å². The zero-order chi connectivity index (χ0) is 92.2. The van der Waals surface area contributed by atoms with Gasteiger partial charge in [0.05, 0.1) is 31.7 Å². The molecule has 0 aliphatic heterocycles. The van der Waals surface area contributed by atoms with E-state index < -0.39 is 247 Å². The monoisotopic (exact) mass is 1720 g/mol. The Balaban J connectivity index is 2.42. The molecule has 4 unspecified atom stereocenters. The van der Waals surface area contributed by atoms with Gasteiger partial charge in [0, 0.05) is 25.7 Å². The van der Waals surface area contributed by atoms with E-state index in [0.717, 1.165) is 6.92 Å². The van der Waals surface area contributed by atoms with Crippen molar-refractivity contribution < 1.29 is 112 Å². The van der Waals surface area contributed by atoms with Gasteiger partial charge in [-0.2, -0.15) is 0 Å². The van der Waals surface area contributed by atoms with E-state index in [2.05, 4.69) is 74.4 Å². The summed E-state index contributed by atoms with van der Waals surface area (Å²) in [6.07, 6.45) is -2.94. The Hall–Kier alpha value is -11.5. The van der Waals surface area contributed by atoms with Gasteiger partial charge in [-0.3, -0.25) is 81.5 Å². The maximum atomic E-state index is 14.7. The molecule has 29 N–H and O–H groups in total. The van der Waals surface area contributed by atoms with Crippen LogP contribution in [0.2, 0.25) is 0 Å². The Kier molecular flexibility index (Phi) is 48.4. The summed E-state index contributed by atoms with van der Waals surface area (Å²) in [5.41, 5.74) is 29.4. The van der Waals surface area contributed by atoms with Crippen LogP contribution in [0.3, 0.4) is 0 Å². The number of hydrogen-bond acceptors (Lipinski definition) is 24. The summed E-state index contributed by atoms with van der Waals surface area (Å²) in [5, 5.41) is 85.0. The number of aliphatic hydroxyl groups is 2. The van der Waals surface area contributed by atoms with E-state index >= 15 is 0 Å². The van der Waals surface area contributed by atoms with E-state index in [0.29, 0.717) is 30.4 Å². The van der Waals surface area contributed by atoms with Crippen LogP contribution in [0, 0.1) is 23.7 Å². The Morgan fingerprint density at radius 1 is 0.393 bits per heavy atom. The maximum Gasteiger partial charge on any atom is 0.326 e. The van der Waals surface area contributed by atoms with Crippen LogP contribution < -0.4 is 103 Å². The summed E-state index contributed by atoms with van der Waals surface area (Å²) in [7, 11) is 0. The Labute approximate surface area is 709 Å². The predicted octanol–water partition coefficient (Wildman–Crippen LogP) is -5.15. The molecule has 42 heteroatoms. The average molecular weight is 1730 g/mol. The molecule has 16 amide bonds. The fourth-order valence-electron chi connectivity index (χ4n) is 12.3. The van der Waals surface area contributed by atoms with Crippen LogP contribution in [0.25, 0.3) is 0 Å². The van der Waals surface area contributed by atoms with Crippen molar-refractivity contribution in [2.45, 2.75) is 269 Å². The lowest BCUT2D eigenvalue weighted by molar-refractivity contribution is -0.143. The van der Waals surface area contributed by atoms with E-state index in [1.165, 1.54) is 31.2 Å². The van der Waals surface area contributed by atoms with E-state index in [9.17, 15) is 112 Å². The third-order valence-electron chi connectivity index (χ3n) is 20.2. The highest BCUT2D eigenvalue weighted by molar-refractivity contribution is 6.01. The molecular formula is C80H129N19O23. The molecule has 0 aliphatic rings. The number of phenols is 1. The Morgan fingerprint density at radius 2 is 0.787 bits per heavy atom. The van der Waals surface area contributed by atoms with Gasteiger partial charge in [-0.05, 0) is 132 Å². The van der Waals surface area contributed by atoms with Gasteiger partial charge in [0.15, 0.2) is 0 Å². The first-order chi connectivity index (χ1) is 57.4. The van der Waals surface area contributed by atoms with Gasteiger partial charge in [0.25, 0.3) is 0 Å². The molecule has 682 valence electrons. The minimum atomic E-state index is -1.93. The maximum absolute atomic E-state index is 14.7. The molecule has 0 saturated carbocycles. The van der Waals surface area contributed by atoms with Crippen molar-refractivity contribution in [1.29, 1.82) is 0 Å². The van der Waals surface area contributed by atoms with Gasteiger partial charge in [-0.15, -0.1) is 0 Å². The van der Waals surface area contributed by atoms with Crippen LogP contribution in [-0.2, 0) is 99.1 Å². The van der Waals surface area contributed by atoms with Gasteiger partial charge in [-0.1, -0.05) is 117 Å². The van der Waals surface area contributed by atoms with Crippen molar-refractivity contribution >= 4 is 106 Å². The van der Waals surface area contributed by atoms with Crippen molar-refractivity contribution in [1.82, 2.24) is 74.4 Å². The highest BCUT2D eigenvalue weighted by atomic mass is 16.4. The zero-order valence-corrected chi connectivity index (χ0v) is 71.0. The lowest BCUT2D eigenvalue weighted by Gasteiger charge is -2.29. The van der Waals surface area contributed by atoms with Crippen molar-refractivity contribution in [3.63, 3.8) is 0 Å². The Morgan fingerprint density at radius 3 is 1.25 bits per heavy atom. The topological polar surface area (TPSA) is 707 Å². The van der Waals surface area contributed by atoms with E-state index in [1.807, 2.05) is 0 Å². The van der Waals surface area contributed by atoms with Crippen LogP contribution in [0.1, 0.15) is 177 Å². The third kappa shape index (κ3) is 38.9. The van der Waals surface area contributed by atoms with Crippen LogP contribution in [-0.4, -0.2) is 249 Å². The highest BCUT2D eigenvalue weighted by Crippen LogP contribution is 2.18. The molecule has 2 aromatic rings. The van der Waals surface area contributed by atoms with Crippen molar-refractivity contribution in [3.05, 3.63) is 65.7 Å². The van der Waals surface area contributed by atoms with Gasteiger partial charge < -0.3 is 129 Å². The number of phenolic OH excluding ortho intramolecular Hbond substituents is 1. The predicted molar refractivity (Wildman–Crippen MR) is 443 cm³/mol. The molecule has 122 heavy (non-hydrogen) atoms. The molecule has 2 aromatic carbocycles. The quantitative estimate of drug-likeness (QED) is 0.0275. The highest BCUT2D eigenvalue weighted by Gasteiger charge is 2.40. The van der Waals surface area contributed by atoms with Gasteiger partial charge in [0.2, 0.25) is 94.5 Å². The normalized spacial score (nSPS) is 15.6. The first-order valence-corrected chi connectivity index (χ1v) is 41.0.